The van der Waals surface area contributed by atoms with E-state index < -0.39 is 0 Å². The zero-order valence-electron chi connectivity index (χ0n) is 28.6. The molecule has 2 fully saturated rings. The third-order valence-electron chi connectivity index (χ3n) is 9.10. The van der Waals surface area contributed by atoms with Crippen molar-refractivity contribution in [3.63, 3.8) is 0 Å². The molecule has 0 spiro atoms. The molecule has 2 aliphatic carbocycles. The van der Waals surface area contributed by atoms with Gasteiger partial charge in [0.2, 0.25) is 0 Å². The molecule has 0 amide bonds. The number of aryl methyl sites for hydroxylation is 2. The third-order valence-corrected chi connectivity index (χ3v) is 9.10. The minimum atomic E-state index is -0.344. The van der Waals surface area contributed by atoms with Gasteiger partial charge in [0.25, 0.3) is 0 Å². The highest BCUT2D eigenvalue weighted by Gasteiger charge is 2.33. The second kappa shape index (κ2) is 15.2. The Balaban J connectivity index is 0.000000307. The number of carbonyl (C=O) groups is 2. The maximum atomic E-state index is 11.7. The van der Waals surface area contributed by atoms with Crippen LogP contribution in [-0.4, -0.2) is 38.2 Å². The van der Waals surface area contributed by atoms with Crippen LogP contribution in [-0.2, 0) is 9.47 Å². The van der Waals surface area contributed by atoms with Gasteiger partial charge in [-0.3, -0.25) is 0 Å². The summed E-state index contributed by atoms with van der Waals surface area (Å²) in [6.45, 7) is 17.7. The molecule has 2 saturated carbocycles. The van der Waals surface area contributed by atoms with Crippen LogP contribution in [0.2, 0.25) is 0 Å². The van der Waals surface area contributed by atoms with Crippen LogP contribution >= 0.6 is 0 Å². The molecule has 2 aliphatic rings. The van der Waals surface area contributed by atoms with E-state index in [0.29, 0.717) is 57.3 Å². The van der Waals surface area contributed by atoms with Crippen molar-refractivity contribution < 1.29 is 19.1 Å². The van der Waals surface area contributed by atoms with Gasteiger partial charge in [0.15, 0.2) is 0 Å². The van der Waals surface area contributed by atoms with Crippen molar-refractivity contribution in [2.24, 2.45) is 22.7 Å². The highest BCUT2D eigenvalue weighted by molar-refractivity contribution is 5.94. The van der Waals surface area contributed by atoms with Crippen LogP contribution in [0.1, 0.15) is 119 Å². The SMILES string of the molecule is C.COC(=O)c1cc(N)c(N[C@@H]2C[C@H](C)CC(C)(C)C2)cc1C.COC(=O)c1cc(N)c(N[C@H]2C[C@@H](C)CC(C)(C)C2)cc1C. The van der Waals surface area contributed by atoms with E-state index >= 15 is 0 Å². The molecule has 4 rings (SSSR count). The molecular weight excluding hydrogens is 564 g/mol. The van der Waals surface area contributed by atoms with Gasteiger partial charge in [-0.05, 0) is 110 Å². The van der Waals surface area contributed by atoms with E-state index in [1.807, 2.05) is 26.0 Å². The van der Waals surface area contributed by atoms with Gasteiger partial charge in [0.1, 0.15) is 0 Å². The predicted molar refractivity (Wildman–Crippen MR) is 189 cm³/mol. The number of carbonyl (C=O) groups excluding carboxylic acids is 2. The number of esters is 2. The Labute approximate surface area is 272 Å². The van der Waals surface area contributed by atoms with Gasteiger partial charge in [0, 0.05) is 12.1 Å². The second-order valence-corrected chi connectivity index (χ2v) is 15.0. The topological polar surface area (TPSA) is 129 Å². The summed E-state index contributed by atoms with van der Waals surface area (Å²) in [5.74, 6) is 0.724. The lowest BCUT2D eigenvalue weighted by Crippen LogP contribution is -2.35. The van der Waals surface area contributed by atoms with Gasteiger partial charge >= 0.3 is 11.9 Å². The van der Waals surface area contributed by atoms with Crippen molar-refractivity contribution >= 4 is 34.7 Å². The van der Waals surface area contributed by atoms with E-state index in [4.69, 9.17) is 20.9 Å². The number of nitrogens with two attached hydrogens (primary N) is 2. The number of nitrogens with one attached hydrogen (secondary N) is 2. The van der Waals surface area contributed by atoms with Gasteiger partial charge in [-0.2, -0.15) is 0 Å². The maximum Gasteiger partial charge on any atom is 0.338 e. The van der Waals surface area contributed by atoms with Crippen molar-refractivity contribution in [1.29, 1.82) is 0 Å². The Bertz CT molecular complexity index is 1230. The standard InChI is InChI=1S/2C18H28N2O2.CH4/c2*1-11-6-13(10-18(3,4)9-11)20-16-7-12(2)14(8-15(16)19)17(21)22-5;/h2*7-8,11,13,20H,6,9-10,19H2,1-5H3;1H4/t2*11-,13+;/m10./s1. The van der Waals surface area contributed by atoms with Gasteiger partial charge < -0.3 is 31.6 Å². The summed E-state index contributed by atoms with van der Waals surface area (Å²) >= 11 is 0. The van der Waals surface area contributed by atoms with Gasteiger partial charge in [-0.25, -0.2) is 9.59 Å². The van der Waals surface area contributed by atoms with Crippen LogP contribution in [0.3, 0.4) is 0 Å². The average molecular weight is 625 g/mol. The summed E-state index contributed by atoms with van der Waals surface area (Å²) in [6.07, 6.45) is 7.10. The quantitative estimate of drug-likeness (QED) is 0.186. The van der Waals surface area contributed by atoms with Gasteiger partial charge in [0.05, 0.1) is 48.1 Å². The van der Waals surface area contributed by atoms with Crippen molar-refractivity contribution in [2.45, 2.75) is 113 Å². The van der Waals surface area contributed by atoms with Crippen LogP contribution in [0.4, 0.5) is 22.7 Å². The van der Waals surface area contributed by atoms with E-state index in [2.05, 4.69) is 52.2 Å². The van der Waals surface area contributed by atoms with Crippen molar-refractivity contribution in [3.8, 4) is 0 Å². The fourth-order valence-electron chi connectivity index (χ4n) is 7.71. The molecule has 0 unspecified atom stereocenters. The molecule has 45 heavy (non-hydrogen) atoms. The molecule has 8 nitrogen and oxygen atoms in total. The van der Waals surface area contributed by atoms with E-state index in [1.165, 1.54) is 27.1 Å². The summed E-state index contributed by atoms with van der Waals surface area (Å²) in [4.78, 5) is 23.4. The fourth-order valence-corrected chi connectivity index (χ4v) is 7.71. The molecule has 6 N–H and O–H groups in total. The van der Waals surface area contributed by atoms with Gasteiger partial charge in [-0.1, -0.05) is 49.0 Å². The third kappa shape index (κ3) is 10.3. The zero-order valence-corrected chi connectivity index (χ0v) is 28.6. The lowest BCUT2D eigenvalue weighted by atomic mass is 9.70. The number of rotatable bonds is 6. The molecule has 0 bridgehead atoms. The Morgan fingerprint density at radius 3 is 1.31 bits per heavy atom. The van der Waals surface area contributed by atoms with Crippen LogP contribution in [0.15, 0.2) is 24.3 Å². The summed E-state index contributed by atoms with van der Waals surface area (Å²) in [5, 5.41) is 7.17. The molecule has 2 aromatic carbocycles. The molecular formula is C37H60N4O4. The lowest BCUT2D eigenvalue weighted by molar-refractivity contribution is 0.0591. The van der Waals surface area contributed by atoms with Crippen LogP contribution in [0.25, 0.3) is 0 Å². The Morgan fingerprint density at radius 1 is 0.689 bits per heavy atom. The van der Waals surface area contributed by atoms with Crippen LogP contribution < -0.4 is 22.1 Å². The molecule has 2 aromatic rings. The summed E-state index contributed by atoms with van der Waals surface area (Å²) in [5.41, 5.74) is 18.8. The number of benzene rings is 2. The van der Waals surface area contributed by atoms with E-state index in [-0.39, 0.29) is 19.4 Å². The summed E-state index contributed by atoms with van der Waals surface area (Å²) in [6, 6.07) is 8.16. The Morgan fingerprint density at radius 2 is 1.02 bits per heavy atom. The monoisotopic (exact) mass is 624 g/mol. The first kappa shape index (κ1) is 37.8. The summed E-state index contributed by atoms with van der Waals surface area (Å²) < 4.78 is 9.58. The second-order valence-electron chi connectivity index (χ2n) is 15.0. The predicted octanol–water partition coefficient (Wildman–Crippen LogP) is 8.62. The van der Waals surface area contributed by atoms with Gasteiger partial charge in [-0.15, -0.1) is 0 Å². The smallest absolute Gasteiger partial charge is 0.338 e. The first-order chi connectivity index (χ1) is 20.4. The molecule has 0 aliphatic heterocycles. The van der Waals surface area contributed by atoms with E-state index in [9.17, 15) is 9.59 Å². The number of nitrogen functional groups attached to an aromatic ring is 2. The first-order valence-corrected chi connectivity index (χ1v) is 15.9. The number of methoxy groups -OCH3 is 2. The molecule has 0 radical (unpaired) electrons. The zero-order chi connectivity index (χ0) is 33.0. The molecule has 0 saturated heterocycles. The normalized spacial score (nSPS) is 23.3. The maximum absolute atomic E-state index is 11.7. The highest BCUT2D eigenvalue weighted by atomic mass is 16.5. The minimum absolute atomic E-state index is 0. The number of hydrogen-bond donors (Lipinski definition) is 4. The summed E-state index contributed by atoms with van der Waals surface area (Å²) in [7, 11) is 2.77. The largest absolute Gasteiger partial charge is 0.465 e. The highest BCUT2D eigenvalue weighted by Crippen LogP contribution is 2.41. The molecule has 0 heterocycles. The fraction of sp³-hybridized carbons (Fsp3) is 0.622. The number of hydrogen-bond acceptors (Lipinski definition) is 8. The Hall–Kier alpha value is -3.42. The number of anilines is 4. The lowest BCUT2D eigenvalue weighted by Gasteiger charge is -2.39. The van der Waals surface area contributed by atoms with Crippen LogP contribution in [0.5, 0.6) is 0 Å². The molecule has 8 heteroatoms. The van der Waals surface area contributed by atoms with Crippen molar-refractivity contribution in [2.75, 3.05) is 36.3 Å². The Kier molecular flexibility index (Phi) is 12.8. The van der Waals surface area contributed by atoms with E-state index in [0.717, 1.165) is 48.2 Å². The van der Waals surface area contributed by atoms with E-state index in [1.54, 1.807) is 12.1 Å². The first-order valence-electron chi connectivity index (χ1n) is 15.9. The molecule has 0 aromatic heterocycles. The number of ether oxygens (including phenoxy) is 2. The van der Waals surface area contributed by atoms with Crippen molar-refractivity contribution in [3.05, 3.63) is 46.5 Å². The van der Waals surface area contributed by atoms with Crippen LogP contribution in [0, 0.1) is 36.5 Å². The molecule has 4 atom stereocenters. The van der Waals surface area contributed by atoms with Crippen molar-refractivity contribution in [1.82, 2.24) is 0 Å². The average Bonchev–Trinajstić information content (AvgIpc) is 2.89. The molecule has 252 valence electrons. The minimum Gasteiger partial charge on any atom is -0.465 e.